The van der Waals surface area contributed by atoms with E-state index in [1.165, 1.54) is 6.26 Å². The van der Waals surface area contributed by atoms with Crippen LogP contribution in [0.15, 0.2) is 35.2 Å². The normalized spacial score (nSPS) is 26.5. The van der Waals surface area contributed by atoms with Crippen molar-refractivity contribution >= 4 is 5.91 Å². The molecule has 2 aromatic heterocycles. The van der Waals surface area contributed by atoms with Gasteiger partial charge in [-0.25, -0.2) is 4.98 Å². The molecule has 3 heterocycles. The number of hydrogen-bond donors (Lipinski definition) is 1. The highest BCUT2D eigenvalue weighted by Gasteiger charge is 2.42. The van der Waals surface area contributed by atoms with Gasteiger partial charge in [0.05, 0.1) is 25.5 Å². The molecule has 0 spiro atoms. The Hall–Kier alpha value is -2.12. The van der Waals surface area contributed by atoms with Crippen LogP contribution in [0, 0.1) is 5.92 Å². The zero-order valence-corrected chi connectivity index (χ0v) is 14.4. The van der Waals surface area contributed by atoms with Crippen LogP contribution >= 0.6 is 0 Å². The van der Waals surface area contributed by atoms with Crippen molar-refractivity contribution in [3.8, 4) is 0 Å². The molecule has 0 bridgehead atoms. The number of carbonyl (C=O) groups is 1. The van der Waals surface area contributed by atoms with Gasteiger partial charge in [-0.3, -0.25) is 9.69 Å². The van der Waals surface area contributed by atoms with Crippen molar-refractivity contribution in [1.29, 1.82) is 0 Å². The molecule has 134 valence electrons. The summed E-state index contributed by atoms with van der Waals surface area (Å²) in [5.74, 6) is 1.62. The first-order chi connectivity index (χ1) is 12.2. The predicted octanol–water partition coefficient (Wildman–Crippen LogP) is 1.42. The summed E-state index contributed by atoms with van der Waals surface area (Å²) >= 11 is 0. The highest BCUT2D eigenvalue weighted by atomic mass is 16.5. The van der Waals surface area contributed by atoms with Gasteiger partial charge in [-0.1, -0.05) is 0 Å². The van der Waals surface area contributed by atoms with Crippen LogP contribution in [0.5, 0.6) is 0 Å². The van der Waals surface area contributed by atoms with E-state index in [-0.39, 0.29) is 12.0 Å². The van der Waals surface area contributed by atoms with Gasteiger partial charge in [-0.15, -0.1) is 0 Å². The Kier molecular flexibility index (Phi) is 4.59. The van der Waals surface area contributed by atoms with Crippen LogP contribution in [-0.2, 0) is 18.3 Å². The fourth-order valence-corrected chi connectivity index (χ4v) is 4.00. The summed E-state index contributed by atoms with van der Waals surface area (Å²) < 4.78 is 13.3. The molecule has 1 N–H and O–H groups in total. The van der Waals surface area contributed by atoms with Gasteiger partial charge >= 0.3 is 0 Å². The van der Waals surface area contributed by atoms with Gasteiger partial charge in [0.2, 0.25) is 0 Å². The smallest absolute Gasteiger partial charge is 0.286 e. The summed E-state index contributed by atoms with van der Waals surface area (Å²) in [7, 11) is 2.03. The largest absolute Gasteiger partial charge is 0.459 e. The molecule has 0 aromatic carbocycles. The zero-order valence-electron chi connectivity index (χ0n) is 14.4. The summed E-state index contributed by atoms with van der Waals surface area (Å²) in [6.45, 7) is 3.13. The maximum Gasteiger partial charge on any atom is 0.286 e. The van der Waals surface area contributed by atoms with Crippen molar-refractivity contribution < 1.29 is 13.9 Å². The Morgan fingerprint density at radius 2 is 2.36 bits per heavy atom. The van der Waals surface area contributed by atoms with Gasteiger partial charge in [-0.2, -0.15) is 0 Å². The van der Waals surface area contributed by atoms with E-state index in [2.05, 4.69) is 19.8 Å². The van der Waals surface area contributed by atoms with Crippen LogP contribution in [0.1, 0.15) is 29.2 Å². The van der Waals surface area contributed by atoms with E-state index in [9.17, 15) is 4.79 Å². The number of hydrogen-bond acceptors (Lipinski definition) is 5. The number of nitrogens with zero attached hydrogens (tertiary/aromatic N) is 3. The molecule has 1 amide bonds. The summed E-state index contributed by atoms with van der Waals surface area (Å²) in [5.41, 5.74) is 0. The van der Waals surface area contributed by atoms with E-state index < -0.39 is 0 Å². The van der Waals surface area contributed by atoms with Crippen LogP contribution < -0.4 is 5.32 Å². The van der Waals surface area contributed by atoms with Crippen LogP contribution in [0.4, 0.5) is 0 Å². The van der Waals surface area contributed by atoms with Gasteiger partial charge in [0, 0.05) is 44.5 Å². The predicted molar refractivity (Wildman–Crippen MR) is 90.9 cm³/mol. The summed E-state index contributed by atoms with van der Waals surface area (Å²) in [5, 5.41) is 2.98. The van der Waals surface area contributed by atoms with Gasteiger partial charge in [-0.05, 0) is 25.0 Å². The Morgan fingerprint density at radius 3 is 3.12 bits per heavy atom. The summed E-state index contributed by atoms with van der Waals surface area (Å²) in [4.78, 5) is 19.0. The van der Waals surface area contributed by atoms with E-state index in [1.54, 1.807) is 12.1 Å². The first-order valence-corrected chi connectivity index (χ1v) is 8.86. The first kappa shape index (κ1) is 16.4. The number of morpholine rings is 1. The molecule has 0 radical (unpaired) electrons. The molecule has 1 saturated heterocycles. The van der Waals surface area contributed by atoms with Crippen LogP contribution in [-0.4, -0.2) is 52.2 Å². The van der Waals surface area contributed by atoms with Crippen molar-refractivity contribution in [2.75, 3.05) is 19.7 Å². The maximum absolute atomic E-state index is 12.1. The van der Waals surface area contributed by atoms with Crippen molar-refractivity contribution in [2.24, 2.45) is 13.0 Å². The number of aromatic nitrogens is 2. The lowest BCUT2D eigenvalue weighted by atomic mass is 10.0. The fraction of sp³-hybridized carbons (Fsp3) is 0.556. The molecule has 0 unspecified atom stereocenters. The highest BCUT2D eigenvalue weighted by Crippen LogP contribution is 2.35. The number of imidazole rings is 1. The van der Waals surface area contributed by atoms with E-state index in [1.807, 2.05) is 19.4 Å². The lowest BCUT2D eigenvalue weighted by Gasteiger charge is -2.39. The number of ether oxygens (including phenoxy) is 1. The molecule has 2 fully saturated rings. The topological polar surface area (TPSA) is 72.5 Å². The molecule has 4 rings (SSSR count). The lowest BCUT2D eigenvalue weighted by molar-refractivity contribution is -0.0766. The van der Waals surface area contributed by atoms with E-state index in [0.29, 0.717) is 24.3 Å². The third-order valence-corrected chi connectivity index (χ3v) is 5.37. The van der Waals surface area contributed by atoms with Gasteiger partial charge in [0.25, 0.3) is 5.91 Å². The van der Waals surface area contributed by atoms with Crippen LogP contribution in [0.25, 0.3) is 0 Å². The number of nitrogens with one attached hydrogen (secondary N) is 1. The standard InChI is InChI=1S/C18H24N4O3/c1-21-7-6-19-16(21)12-22-8-10-25-17-13(4-5-14(17)22)11-20-18(23)15-3-2-9-24-15/h2-3,6-7,9,13-14,17H,4-5,8,10-12H2,1H3,(H,20,23)/t13-,14-,17-/m0/s1. The lowest BCUT2D eigenvalue weighted by Crippen LogP contribution is -2.51. The van der Waals surface area contributed by atoms with Crippen molar-refractivity contribution in [3.05, 3.63) is 42.4 Å². The number of amides is 1. The average Bonchev–Trinajstić information content (AvgIpc) is 3.35. The molecule has 3 atom stereocenters. The zero-order chi connectivity index (χ0) is 17.2. The molecule has 2 aromatic rings. The highest BCUT2D eigenvalue weighted by molar-refractivity contribution is 5.91. The monoisotopic (exact) mass is 344 g/mol. The fourth-order valence-electron chi connectivity index (χ4n) is 4.00. The average molecular weight is 344 g/mol. The van der Waals surface area contributed by atoms with Gasteiger partial charge < -0.3 is 19.0 Å². The molecule has 1 aliphatic carbocycles. The Balaban J connectivity index is 1.36. The minimum absolute atomic E-state index is 0.158. The molecular formula is C18H24N4O3. The minimum atomic E-state index is -0.158. The SMILES string of the molecule is Cn1ccnc1CN1CCO[C@H]2[C@H](CNC(=O)c3ccco3)CC[C@@H]21. The number of fused-ring (bicyclic) bond motifs is 1. The molecule has 7 nitrogen and oxygen atoms in total. The van der Waals surface area contributed by atoms with Crippen molar-refractivity contribution in [2.45, 2.75) is 31.5 Å². The Labute approximate surface area is 147 Å². The van der Waals surface area contributed by atoms with Gasteiger partial charge in [0.1, 0.15) is 5.82 Å². The number of furan rings is 1. The second kappa shape index (κ2) is 7.01. The number of rotatable bonds is 5. The van der Waals surface area contributed by atoms with Gasteiger partial charge in [0.15, 0.2) is 5.76 Å². The third kappa shape index (κ3) is 3.34. The molecule has 2 aliphatic rings. The van der Waals surface area contributed by atoms with Crippen LogP contribution in [0.2, 0.25) is 0 Å². The molecule has 1 saturated carbocycles. The summed E-state index contributed by atoms with van der Waals surface area (Å²) in [6, 6.07) is 3.80. The third-order valence-electron chi connectivity index (χ3n) is 5.37. The Bertz CT molecular complexity index is 712. The number of carbonyl (C=O) groups excluding carboxylic acids is 1. The van der Waals surface area contributed by atoms with E-state index in [4.69, 9.17) is 9.15 Å². The number of aryl methyl sites for hydroxylation is 1. The quantitative estimate of drug-likeness (QED) is 0.888. The van der Waals surface area contributed by atoms with E-state index >= 15 is 0 Å². The second-order valence-corrected chi connectivity index (χ2v) is 6.85. The first-order valence-electron chi connectivity index (χ1n) is 8.86. The minimum Gasteiger partial charge on any atom is -0.459 e. The molecule has 25 heavy (non-hydrogen) atoms. The molecular weight excluding hydrogens is 320 g/mol. The molecule has 1 aliphatic heterocycles. The molecule has 7 heteroatoms. The summed E-state index contributed by atoms with van der Waals surface area (Å²) in [6.07, 6.45) is 7.66. The van der Waals surface area contributed by atoms with Crippen LogP contribution in [0.3, 0.4) is 0 Å². The van der Waals surface area contributed by atoms with Crippen molar-refractivity contribution in [1.82, 2.24) is 19.8 Å². The maximum atomic E-state index is 12.1. The second-order valence-electron chi connectivity index (χ2n) is 6.85. The van der Waals surface area contributed by atoms with E-state index in [0.717, 1.165) is 38.4 Å². The van der Waals surface area contributed by atoms with Crippen molar-refractivity contribution in [3.63, 3.8) is 0 Å². The Morgan fingerprint density at radius 1 is 1.44 bits per heavy atom.